The van der Waals surface area contributed by atoms with E-state index in [0.717, 1.165) is 28.0 Å². The maximum atomic E-state index is 5.75. The van der Waals surface area contributed by atoms with E-state index in [-0.39, 0.29) is 0 Å². The Hall–Kier alpha value is -1.96. The third kappa shape index (κ3) is 1.54. The molecule has 0 radical (unpaired) electrons. The minimum atomic E-state index is 0.740. The van der Waals surface area contributed by atoms with Gasteiger partial charge in [-0.15, -0.1) is 0 Å². The minimum absolute atomic E-state index is 0.740. The van der Waals surface area contributed by atoms with Crippen LogP contribution in [-0.2, 0) is 0 Å². The molecular formula is C13H13NO. The lowest BCUT2D eigenvalue weighted by Crippen LogP contribution is -1.82. The van der Waals surface area contributed by atoms with Crippen molar-refractivity contribution in [3.8, 4) is 0 Å². The topological polar surface area (TPSA) is 39.2 Å². The van der Waals surface area contributed by atoms with E-state index in [1.807, 2.05) is 37.3 Å². The van der Waals surface area contributed by atoms with Crippen molar-refractivity contribution < 1.29 is 4.42 Å². The van der Waals surface area contributed by atoms with Crippen LogP contribution in [0.2, 0.25) is 0 Å². The first-order valence-corrected chi connectivity index (χ1v) is 4.83. The van der Waals surface area contributed by atoms with Gasteiger partial charge in [0, 0.05) is 16.6 Å². The van der Waals surface area contributed by atoms with Gasteiger partial charge in [0.05, 0.1) is 0 Å². The highest BCUT2D eigenvalue weighted by Crippen LogP contribution is 2.29. The molecular weight excluding hydrogens is 186 g/mol. The fourth-order valence-electron chi connectivity index (χ4n) is 1.64. The highest BCUT2D eigenvalue weighted by Gasteiger charge is 2.08. The summed E-state index contributed by atoms with van der Waals surface area (Å²) in [5.41, 5.74) is 8.37. The number of rotatable bonds is 2. The zero-order chi connectivity index (χ0) is 10.8. The molecule has 0 saturated carbocycles. The molecule has 2 aromatic rings. The molecule has 0 bridgehead atoms. The van der Waals surface area contributed by atoms with Crippen LogP contribution in [0, 0.1) is 0 Å². The van der Waals surface area contributed by atoms with Gasteiger partial charge in [0.15, 0.2) is 0 Å². The Morgan fingerprint density at radius 2 is 2.20 bits per heavy atom. The predicted octanol–water partition coefficient (Wildman–Crippen LogP) is 3.69. The summed E-state index contributed by atoms with van der Waals surface area (Å²) in [7, 11) is 0. The molecule has 0 atom stereocenters. The number of hydrogen-bond acceptors (Lipinski definition) is 2. The maximum Gasteiger partial charge on any atom is 0.135 e. The van der Waals surface area contributed by atoms with Crippen LogP contribution in [0.1, 0.15) is 18.2 Å². The molecule has 0 fully saturated rings. The van der Waals surface area contributed by atoms with Gasteiger partial charge in [-0.25, -0.2) is 0 Å². The number of nitrogen functional groups attached to an aromatic ring is 1. The Labute approximate surface area is 88.7 Å². The van der Waals surface area contributed by atoms with Crippen LogP contribution in [-0.4, -0.2) is 0 Å². The molecule has 1 heterocycles. The second-order valence-electron chi connectivity index (χ2n) is 3.34. The third-order valence-corrected chi connectivity index (χ3v) is 2.30. The summed E-state index contributed by atoms with van der Waals surface area (Å²) in [6, 6.07) is 5.63. The van der Waals surface area contributed by atoms with Crippen LogP contribution in [0.25, 0.3) is 23.1 Å². The summed E-state index contributed by atoms with van der Waals surface area (Å²) in [6.07, 6.45) is 5.69. The van der Waals surface area contributed by atoms with Crippen LogP contribution in [0.3, 0.4) is 0 Å². The van der Waals surface area contributed by atoms with E-state index < -0.39 is 0 Å². The fourth-order valence-corrected chi connectivity index (χ4v) is 1.64. The van der Waals surface area contributed by atoms with Crippen molar-refractivity contribution in [2.75, 3.05) is 5.73 Å². The molecule has 2 N–H and O–H groups in total. The van der Waals surface area contributed by atoms with Gasteiger partial charge in [0.25, 0.3) is 0 Å². The summed E-state index contributed by atoms with van der Waals surface area (Å²) in [5, 5.41) is 1.03. The number of benzene rings is 1. The average Bonchev–Trinajstić information content (AvgIpc) is 2.57. The van der Waals surface area contributed by atoms with E-state index in [9.17, 15) is 0 Å². The summed E-state index contributed by atoms with van der Waals surface area (Å²) in [4.78, 5) is 0. The maximum absolute atomic E-state index is 5.75. The first kappa shape index (κ1) is 9.59. The number of furan rings is 1. The van der Waals surface area contributed by atoms with Crippen LogP contribution >= 0.6 is 0 Å². The van der Waals surface area contributed by atoms with E-state index in [1.165, 1.54) is 0 Å². The van der Waals surface area contributed by atoms with Gasteiger partial charge >= 0.3 is 0 Å². The van der Waals surface area contributed by atoms with Gasteiger partial charge in [-0.3, -0.25) is 0 Å². The van der Waals surface area contributed by atoms with Crippen LogP contribution < -0.4 is 5.73 Å². The Kier molecular flexibility index (Phi) is 2.34. The molecule has 0 saturated heterocycles. The number of hydrogen-bond donors (Lipinski definition) is 1. The number of anilines is 1. The number of fused-ring (bicyclic) bond motifs is 1. The lowest BCUT2D eigenvalue weighted by molar-refractivity contribution is 0.603. The van der Waals surface area contributed by atoms with Crippen molar-refractivity contribution in [3.63, 3.8) is 0 Å². The van der Waals surface area contributed by atoms with E-state index in [2.05, 4.69) is 6.58 Å². The molecule has 0 unspecified atom stereocenters. The monoisotopic (exact) mass is 199 g/mol. The first-order valence-electron chi connectivity index (χ1n) is 4.83. The second-order valence-corrected chi connectivity index (χ2v) is 3.34. The molecule has 2 heteroatoms. The van der Waals surface area contributed by atoms with Gasteiger partial charge < -0.3 is 10.2 Å². The molecule has 0 aliphatic carbocycles. The number of nitrogens with two attached hydrogens (primary N) is 1. The molecule has 15 heavy (non-hydrogen) atoms. The number of allylic oxidation sites excluding steroid dienone is 1. The fraction of sp³-hybridized carbons (Fsp3) is 0.0769. The molecule has 1 aromatic heterocycles. The first-order chi connectivity index (χ1) is 7.26. The Balaban J connectivity index is 2.81. The van der Waals surface area contributed by atoms with Crippen LogP contribution in [0.15, 0.2) is 35.3 Å². The predicted molar refractivity (Wildman–Crippen MR) is 65.4 cm³/mol. The molecule has 2 nitrogen and oxygen atoms in total. The summed E-state index contributed by atoms with van der Waals surface area (Å²) < 4.78 is 5.63. The van der Waals surface area contributed by atoms with Crippen molar-refractivity contribution in [1.29, 1.82) is 0 Å². The quantitative estimate of drug-likeness (QED) is 0.749. The average molecular weight is 199 g/mol. The van der Waals surface area contributed by atoms with Crippen molar-refractivity contribution in [2.24, 2.45) is 0 Å². The SMILES string of the molecule is C=Cc1oc2ccc(N)cc2c1/C=C\C. The van der Waals surface area contributed by atoms with Crippen LogP contribution in [0.5, 0.6) is 0 Å². The lowest BCUT2D eigenvalue weighted by atomic mass is 10.1. The largest absolute Gasteiger partial charge is 0.456 e. The van der Waals surface area contributed by atoms with Crippen molar-refractivity contribution in [1.82, 2.24) is 0 Å². The molecule has 0 amide bonds. The second kappa shape index (κ2) is 3.65. The highest BCUT2D eigenvalue weighted by molar-refractivity contribution is 5.92. The van der Waals surface area contributed by atoms with Gasteiger partial charge in [-0.2, -0.15) is 0 Å². The zero-order valence-electron chi connectivity index (χ0n) is 8.66. The minimum Gasteiger partial charge on any atom is -0.456 e. The zero-order valence-corrected chi connectivity index (χ0v) is 8.66. The van der Waals surface area contributed by atoms with Gasteiger partial charge in [-0.1, -0.05) is 18.7 Å². The van der Waals surface area contributed by atoms with E-state index in [0.29, 0.717) is 0 Å². The van der Waals surface area contributed by atoms with Gasteiger partial charge in [-0.05, 0) is 31.2 Å². The molecule has 0 spiro atoms. The highest BCUT2D eigenvalue weighted by atomic mass is 16.3. The Morgan fingerprint density at radius 1 is 1.40 bits per heavy atom. The molecule has 1 aromatic carbocycles. The van der Waals surface area contributed by atoms with Crippen molar-refractivity contribution in [3.05, 3.63) is 42.2 Å². The van der Waals surface area contributed by atoms with Crippen molar-refractivity contribution >= 4 is 28.8 Å². The smallest absolute Gasteiger partial charge is 0.135 e. The third-order valence-electron chi connectivity index (χ3n) is 2.30. The molecule has 0 aliphatic heterocycles. The van der Waals surface area contributed by atoms with Crippen LogP contribution in [0.4, 0.5) is 5.69 Å². The summed E-state index contributed by atoms with van der Waals surface area (Å²) in [5.74, 6) is 0.786. The van der Waals surface area contributed by atoms with Crippen molar-refractivity contribution in [2.45, 2.75) is 6.92 Å². The lowest BCUT2D eigenvalue weighted by Gasteiger charge is -1.93. The molecule has 76 valence electrons. The standard InChI is InChI=1S/C13H13NO/c1-3-5-10-11-8-9(14)6-7-13(11)15-12(10)4-2/h3-8H,2,14H2,1H3/b5-3-. The Bertz CT molecular complexity index is 535. The normalized spacial score (nSPS) is 11.3. The van der Waals surface area contributed by atoms with E-state index >= 15 is 0 Å². The summed E-state index contributed by atoms with van der Waals surface area (Å²) in [6.45, 7) is 5.70. The van der Waals surface area contributed by atoms with Gasteiger partial charge in [0.1, 0.15) is 11.3 Å². The van der Waals surface area contributed by atoms with E-state index in [4.69, 9.17) is 10.2 Å². The van der Waals surface area contributed by atoms with Gasteiger partial charge in [0.2, 0.25) is 0 Å². The molecule has 2 rings (SSSR count). The van der Waals surface area contributed by atoms with E-state index in [1.54, 1.807) is 6.08 Å². The summed E-state index contributed by atoms with van der Waals surface area (Å²) >= 11 is 0. The molecule has 0 aliphatic rings. The Morgan fingerprint density at radius 3 is 2.87 bits per heavy atom.